The molecule has 134 valence electrons. The van der Waals surface area contributed by atoms with Gasteiger partial charge >= 0.3 is 5.97 Å². The molecular formula is C18H29N3O3. The van der Waals surface area contributed by atoms with Crippen molar-refractivity contribution in [2.24, 2.45) is 24.8 Å². The Balaban J connectivity index is 1.36. The van der Waals surface area contributed by atoms with Crippen molar-refractivity contribution in [1.82, 2.24) is 15.0 Å². The summed E-state index contributed by atoms with van der Waals surface area (Å²) in [4.78, 5) is 11.8. The van der Waals surface area contributed by atoms with Crippen LogP contribution < -0.4 is 0 Å². The highest BCUT2D eigenvalue weighted by Crippen LogP contribution is 2.52. The maximum atomic E-state index is 11.8. The van der Waals surface area contributed by atoms with Gasteiger partial charge in [-0.2, -0.15) is 0 Å². The van der Waals surface area contributed by atoms with Crippen LogP contribution in [-0.2, 0) is 34.2 Å². The normalized spacial score (nSPS) is 25.3. The number of hydrogen-bond donors (Lipinski definition) is 0. The Kier molecular flexibility index (Phi) is 5.87. The van der Waals surface area contributed by atoms with Crippen LogP contribution in [-0.4, -0.2) is 40.8 Å². The smallest absolute Gasteiger partial charge is 0.305 e. The van der Waals surface area contributed by atoms with Gasteiger partial charge in [-0.3, -0.25) is 9.48 Å². The zero-order chi connectivity index (χ0) is 16.9. The largest absolute Gasteiger partial charge is 0.465 e. The summed E-state index contributed by atoms with van der Waals surface area (Å²) in [6, 6.07) is 0. The number of ether oxygens (including phenoxy) is 2. The number of aryl methyl sites for hydroxylation is 2. The summed E-state index contributed by atoms with van der Waals surface area (Å²) >= 11 is 0. The van der Waals surface area contributed by atoms with Crippen LogP contribution in [0.4, 0.5) is 0 Å². The third-order valence-corrected chi connectivity index (χ3v) is 5.42. The van der Waals surface area contributed by atoms with E-state index in [4.69, 9.17) is 9.47 Å². The van der Waals surface area contributed by atoms with Crippen LogP contribution in [0.2, 0.25) is 0 Å². The molecule has 0 amide bonds. The lowest BCUT2D eigenvalue weighted by Gasteiger charge is -2.07. The summed E-state index contributed by atoms with van der Waals surface area (Å²) in [5.74, 6) is 1.87. The van der Waals surface area contributed by atoms with Gasteiger partial charge in [-0.15, -0.1) is 5.10 Å². The number of rotatable bonds is 8. The minimum atomic E-state index is -0.0801. The van der Waals surface area contributed by atoms with E-state index in [1.165, 1.54) is 5.69 Å². The van der Waals surface area contributed by atoms with E-state index in [0.29, 0.717) is 37.4 Å². The molecule has 0 radical (unpaired) electrons. The monoisotopic (exact) mass is 335 g/mol. The molecule has 24 heavy (non-hydrogen) atoms. The van der Waals surface area contributed by atoms with Crippen LogP contribution in [0, 0.1) is 17.8 Å². The van der Waals surface area contributed by atoms with Gasteiger partial charge in [0.15, 0.2) is 0 Å². The zero-order valence-corrected chi connectivity index (χ0v) is 14.9. The fraction of sp³-hybridized carbons (Fsp3) is 0.833. The summed E-state index contributed by atoms with van der Waals surface area (Å²) < 4.78 is 12.8. The molecule has 0 spiro atoms. The van der Waals surface area contributed by atoms with Crippen LogP contribution in [0.5, 0.6) is 0 Å². The van der Waals surface area contributed by atoms with Gasteiger partial charge in [0.25, 0.3) is 0 Å². The van der Waals surface area contributed by atoms with Crippen LogP contribution in [0.1, 0.15) is 50.4 Å². The van der Waals surface area contributed by atoms with E-state index in [1.54, 1.807) is 0 Å². The molecule has 0 aliphatic heterocycles. The van der Waals surface area contributed by atoms with Gasteiger partial charge in [0.2, 0.25) is 0 Å². The fourth-order valence-electron chi connectivity index (χ4n) is 3.98. The SMILES string of the molecule is CCCOCCCC(=O)OCC1C2CCc3nnn(C)c3CCC21. The minimum absolute atomic E-state index is 0.0801. The summed E-state index contributed by atoms with van der Waals surface area (Å²) in [5, 5.41) is 8.42. The molecule has 3 atom stereocenters. The first-order valence-corrected chi connectivity index (χ1v) is 9.31. The number of hydrogen-bond acceptors (Lipinski definition) is 5. The van der Waals surface area contributed by atoms with Gasteiger partial charge in [0.1, 0.15) is 0 Å². The lowest BCUT2D eigenvalue weighted by molar-refractivity contribution is -0.144. The van der Waals surface area contributed by atoms with Crippen molar-refractivity contribution in [1.29, 1.82) is 0 Å². The molecule has 0 aromatic carbocycles. The number of aromatic nitrogens is 3. The first kappa shape index (κ1) is 17.4. The Bertz CT molecular complexity index is 558. The number of carbonyl (C=O) groups excluding carboxylic acids is 1. The molecule has 1 fully saturated rings. The molecule has 6 heteroatoms. The molecule has 2 aliphatic carbocycles. The van der Waals surface area contributed by atoms with Crippen LogP contribution >= 0.6 is 0 Å². The summed E-state index contributed by atoms with van der Waals surface area (Å²) in [5.41, 5.74) is 2.44. The van der Waals surface area contributed by atoms with Crippen molar-refractivity contribution in [3.8, 4) is 0 Å². The maximum Gasteiger partial charge on any atom is 0.305 e. The van der Waals surface area contributed by atoms with Crippen molar-refractivity contribution >= 4 is 5.97 Å². The summed E-state index contributed by atoms with van der Waals surface area (Å²) in [6.45, 7) is 4.09. The molecule has 6 nitrogen and oxygen atoms in total. The maximum absolute atomic E-state index is 11.8. The van der Waals surface area contributed by atoms with Gasteiger partial charge in [-0.05, 0) is 56.3 Å². The number of fused-ring (bicyclic) bond motifs is 2. The molecule has 0 bridgehead atoms. The van der Waals surface area contributed by atoms with Gasteiger partial charge in [-0.1, -0.05) is 12.1 Å². The highest BCUT2D eigenvalue weighted by molar-refractivity contribution is 5.69. The lowest BCUT2D eigenvalue weighted by atomic mass is 10.0. The molecule has 1 aromatic heterocycles. The van der Waals surface area contributed by atoms with Crippen molar-refractivity contribution in [2.75, 3.05) is 19.8 Å². The topological polar surface area (TPSA) is 66.2 Å². The third-order valence-electron chi connectivity index (χ3n) is 5.42. The van der Waals surface area contributed by atoms with Gasteiger partial charge in [0.05, 0.1) is 18.0 Å². The van der Waals surface area contributed by atoms with Crippen LogP contribution in [0.25, 0.3) is 0 Å². The molecule has 0 N–H and O–H groups in total. The summed E-state index contributed by atoms with van der Waals surface area (Å²) in [7, 11) is 1.97. The molecule has 2 aliphatic rings. The highest BCUT2D eigenvalue weighted by Gasteiger charge is 2.50. The van der Waals surface area contributed by atoms with E-state index >= 15 is 0 Å². The van der Waals surface area contributed by atoms with E-state index in [9.17, 15) is 4.79 Å². The second-order valence-corrected chi connectivity index (χ2v) is 7.07. The predicted molar refractivity (Wildman–Crippen MR) is 89.4 cm³/mol. The molecular weight excluding hydrogens is 306 g/mol. The summed E-state index contributed by atoms with van der Waals surface area (Å²) in [6.07, 6.45) is 6.58. The lowest BCUT2D eigenvalue weighted by Crippen LogP contribution is -2.09. The van der Waals surface area contributed by atoms with Crippen molar-refractivity contribution in [3.05, 3.63) is 11.4 Å². The van der Waals surface area contributed by atoms with E-state index < -0.39 is 0 Å². The second kappa shape index (κ2) is 8.10. The van der Waals surface area contributed by atoms with Crippen molar-refractivity contribution < 1.29 is 14.3 Å². The van der Waals surface area contributed by atoms with Crippen LogP contribution in [0.3, 0.4) is 0 Å². The quantitative estimate of drug-likeness (QED) is 0.539. The first-order valence-electron chi connectivity index (χ1n) is 9.31. The molecule has 1 heterocycles. The number of esters is 1. The predicted octanol–water partition coefficient (Wildman–Crippen LogP) is 2.31. The minimum Gasteiger partial charge on any atom is -0.465 e. The fourth-order valence-corrected chi connectivity index (χ4v) is 3.98. The Labute approximate surface area is 143 Å². The van der Waals surface area contributed by atoms with Crippen LogP contribution in [0.15, 0.2) is 0 Å². The van der Waals surface area contributed by atoms with Gasteiger partial charge in [0, 0.05) is 26.7 Å². The van der Waals surface area contributed by atoms with E-state index in [0.717, 1.165) is 50.8 Å². The van der Waals surface area contributed by atoms with E-state index in [2.05, 4.69) is 17.2 Å². The zero-order valence-electron chi connectivity index (χ0n) is 14.9. The Morgan fingerprint density at radius 2 is 2.04 bits per heavy atom. The molecule has 1 aromatic rings. The average Bonchev–Trinajstić information content (AvgIpc) is 3.09. The second-order valence-electron chi connectivity index (χ2n) is 7.07. The first-order chi connectivity index (χ1) is 11.7. The van der Waals surface area contributed by atoms with Crippen molar-refractivity contribution in [2.45, 2.75) is 51.9 Å². The highest BCUT2D eigenvalue weighted by atomic mass is 16.5. The van der Waals surface area contributed by atoms with Gasteiger partial charge < -0.3 is 9.47 Å². The molecule has 1 saturated carbocycles. The van der Waals surface area contributed by atoms with Crippen molar-refractivity contribution in [3.63, 3.8) is 0 Å². The third kappa shape index (κ3) is 4.15. The number of nitrogens with zero attached hydrogens (tertiary/aromatic N) is 3. The molecule has 0 saturated heterocycles. The average molecular weight is 335 g/mol. The van der Waals surface area contributed by atoms with Gasteiger partial charge in [-0.25, -0.2) is 0 Å². The molecule has 3 unspecified atom stereocenters. The number of carbonyl (C=O) groups is 1. The molecule has 3 rings (SSSR count). The Morgan fingerprint density at radius 1 is 1.25 bits per heavy atom. The Morgan fingerprint density at radius 3 is 2.83 bits per heavy atom. The Hall–Kier alpha value is -1.43. The standard InChI is InChI=1S/C18H29N3O3/c1-3-10-23-11-4-5-18(22)24-12-15-13-6-8-16-17(9-7-14(13)15)21(2)20-19-16/h13-15H,3-12H2,1-2H3. The van der Waals surface area contributed by atoms with E-state index in [-0.39, 0.29) is 5.97 Å². The van der Waals surface area contributed by atoms with E-state index in [1.807, 2.05) is 11.7 Å².